The van der Waals surface area contributed by atoms with Crippen LogP contribution < -0.4 is 10.0 Å². The Bertz CT molecular complexity index is 904. The Morgan fingerprint density at radius 3 is 2.11 bits per heavy atom. The molecule has 2 rings (SSSR count). The summed E-state index contributed by atoms with van der Waals surface area (Å²) in [6.45, 7) is 3.82. The van der Waals surface area contributed by atoms with Crippen molar-refractivity contribution in [3.8, 4) is 0 Å². The molecule has 27 heavy (non-hydrogen) atoms. The zero-order valence-corrected chi connectivity index (χ0v) is 16.2. The van der Waals surface area contributed by atoms with Gasteiger partial charge in [0.15, 0.2) is 0 Å². The highest BCUT2D eigenvalue weighted by Crippen LogP contribution is 2.20. The van der Waals surface area contributed by atoms with Crippen LogP contribution in [0.2, 0.25) is 0 Å². The number of rotatable bonds is 7. The van der Waals surface area contributed by atoms with Crippen LogP contribution in [0.25, 0.3) is 0 Å². The first-order valence-corrected chi connectivity index (χ1v) is 9.79. The number of esters is 1. The van der Waals surface area contributed by atoms with Gasteiger partial charge in [0, 0.05) is 11.3 Å². The third-order valence-electron chi connectivity index (χ3n) is 3.88. The van der Waals surface area contributed by atoms with Crippen molar-refractivity contribution in [3.63, 3.8) is 0 Å². The summed E-state index contributed by atoms with van der Waals surface area (Å²) in [6, 6.07) is 12.6. The van der Waals surface area contributed by atoms with Crippen molar-refractivity contribution in [3.05, 3.63) is 59.7 Å². The van der Waals surface area contributed by atoms with Crippen molar-refractivity contribution >= 4 is 27.6 Å². The summed E-state index contributed by atoms with van der Waals surface area (Å²) in [4.78, 5) is 23.1. The monoisotopic (exact) mass is 390 g/mol. The molecule has 2 aromatic carbocycles. The second kappa shape index (κ2) is 8.68. The van der Waals surface area contributed by atoms with E-state index in [4.69, 9.17) is 0 Å². The van der Waals surface area contributed by atoms with Crippen LogP contribution in [-0.2, 0) is 19.6 Å². The van der Waals surface area contributed by atoms with E-state index in [1.165, 1.54) is 31.4 Å². The summed E-state index contributed by atoms with van der Waals surface area (Å²) < 4.78 is 31.9. The van der Waals surface area contributed by atoms with E-state index < -0.39 is 21.9 Å². The Morgan fingerprint density at radius 2 is 1.59 bits per heavy atom. The lowest BCUT2D eigenvalue weighted by atomic mass is 10.0. The molecule has 0 aliphatic heterocycles. The van der Waals surface area contributed by atoms with Gasteiger partial charge in [0.2, 0.25) is 0 Å². The van der Waals surface area contributed by atoms with Gasteiger partial charge in [-0.15, -0.1) is 0 Å². The molecule has 0 fully saturated rings. The van der Waals surface area contributed by atoms with Crippen molar-refractivity contribution < 1.29 is 22.7 Å². The maximum atomic E-state index is 12.5. The summed E-state index contributed by atoms with van der Waals surface area (Å²) in [5, 5.41) is 2.41. The normalized spacial score (nSPS) is 11.1. The molecule has 0 aliphatic rings. The SMILES string of the molecule is COC(=O)CNC(=O)c1ccc(NS(=O)(=O)c2ccc(C(C)C)cc2)cc1. The van der Waals surface area contributed by atoms with Gasteiger partial charge in [-0.05, 0) is 47.9 Å². The molecule has 0 atom stereocenters. The average molecular weight is 390 g/mol. The third kappa shape index (κ3) is 5.55. The van der Waals surface area contributed by atoms with Gasteiger partial charge in [-0.3, -0.25) is 14.3 Å². The predicted octanol–water partition coefficient (Wildman–Crippen LogP) is 2.51. The van der Waals surface area contributed by atoms with E-state index in [0.29, 0.717) is 17.2 Å². The molecular weight excluding hydrogens is 368 g/mol. The Balaban J connectivity index is 2.06. The molecule has 0 spiro atoms. The molecule has 0 saturated carbocycles. The number of sulfonamides is 1. The van der Waals surface area contributed by atoms with Gasteiger partial charge < -0.3 is 10.1 Å². The zero-order chi connectivity index (χ0) is 20.0. The molecule has 0 bridgehead atoms. The number of ether oxygens (including phenoxy) is 1. The van der Waals surface area contributed by atoms with Crippen molar-refractivity contribution in [1.29, 1.82) is 0 Å². The van der Waals surface area contributed by atoms with Crippen LogP contribution in [0.3, 0.4) is 0 Å². The van der Waals surface area contributed by atoms with E-state index in [9.17, 15) is 18.0 Å². The molecule has 0 aliphatic carbocycles. The number of methoxy groups -OCH3 is 1. The molecule has 0 radical (unpaired) electrons. The minimum absolute atomic E-state index is 0.159. The Labute approximate surface area is 158 Å². The highest BCUT2D eigenvalue weighted by Gasteiger charge is 2.15. The lowest BCUT2D eigenvalue weighted by molar-refractivity contribution is -0.139. The molecule has 0 unspecified atom stereocenters. The molecule has 7 nitrogen and oxygen atoms in total. The van der Waals surface area contributed by atoms with Gasteiger partial charge in [-0.1, -0.05) is 26.0 Å². The molecule has 0 heterocycles. The second-order valence-electron chi connectivity index (χ2n) is 6.17. The summed E-state index contributed by atoms with van der Waals surface area (Å²) >= 11 is 0. The smallest absolute Gasteiger partial charge is 0.325 e. The lowest BCUT2D eigenvalue weighted by Gasteiger charge is -2.10. The van der Waals surface area contributed by atoms with E-state index >= 15 is 0 Å². The van der Waals surface area contributed by atoms with Crippen LogP contribution in [0.1, 0.15) is 35.7 Å². The summed E-state index contributed by atoms with van der Waals surface area (Å²) in [6.07, 6.45) is 0. The molecule has 8 heteroatoms. The number of amides is 1. The van der Waals surface area contributed by atoms with Gasteiger partial charge in [0.25, 0.3) is 15.9 Å². The van der Waals surface area contributed by atoms with E-state index in [1.54, 1.807) is 24.3 Å². The molecular formula is C19H22N2O5S. The number of hydrogen-bond acceptors (Lipinski definition) is 5. The van der Waals surface area contributed by atoms with Crippen LogP contribution in [-0.4, -0.2) is 33.9 Å². The van der Waals surface area contributed by atoms with Crippen molar-refractivity contribution in [1.82, 2.24) is 5.32 Å². The van der Waals surface area contributed by atoms with Crippen molar-refractivity contribution in [2.24, 2.45) is 0 Å². The highest BCUT2D eigenvalue weighted by atomic mass is 32.2. The number of carbonyl (C=O) groups is 2. The third-order valence-corrected chi connectivity index (χ3v) is 5.27. The van der Waals surface area contributed by atoms with Crippen LogP contribution in [0.15, 0.2) is 53.4 Å². The highest BCUT2D eigenvalue weighted by molar-refractivity contribution is 7.92. The zero-order valence-electron chi connectivity index (χ0n) is 15.4. The first-order valence-electron chi connectivity index (χ1n) is 8.31. The lowest BCUT2D eigenvalue weighted by Crippen LogP contribution is -2.30. The summed E-state index contributed by atoms with van der Waals surface area (Å²) in [7, 11) is -2.50. The van der Waals surface area contributed by atoms with Crippen LogP contribution >= 0.6 is 0 Å². The van der Waals surface area contributed by atoms with Gasteiger partial charge in [0.05, 0.1) is 12.0 Å². The quantitative estimate of drug-likeness (QED) is 0.708. The second-order valence-corrected chi connectivity index (χ2v) is 7.85. The number of carbonyl (C=O) groups excluding carboxylic acids is 2. The first-order chi connectivity index (χ1) is 12.7. The Morgan fingerprint density at radius 1 is 1.00 bits per heavy atom. The van der Waals surface area contributed by atoms with E-state index in [2.05, 4.69) is 14.8 Å². The van der Waals surface area contributed by atoms with Gasteiger partial charge >= 0.3 is 5.97 Å². The number of benzene rings is 2. The van der Waals surface area contributed by atoms with Gasteiger partial charge in [-0.25, -0.2) is 8.42 Å². The molecule has 1 amide bonds. The largest absolute Gasteiger partial charge is 0.468 e. The van der Waals surface area contributed by atoms with Crippen LogP contribution in [0.5, 0.6) is 0 Å². The first kappa shape index (κ1) is 20.4. The summed E-state index contributed by atoms with van der Waals surface area (Å²) in [5.74, 6) is -0.706. The minimum Gasteiger partial charge on any atom is -0.468 e. The van der Waals surface area contributed by atoms with Crippen molar-refractivity contribution in [2.45, 2.75) is 24.7 Å². The Kier molecular flexibility index (Phi) is 6.57. The van der Waals surface area contributed by atoms with Crippen LogP contribution in [0, 0.1) is 0 Å². The molecule has 2 aromatic rings. The number of nitrogens with one attached hydrogen (secondary N) is 2. The fraction of sp³-hybridized carbons (Fsp3) is 0.263. The number of anilines is 1. The minimum atomic E-state index is -3.73. The Hall–Kier alpha value is -2.87. The molecule has 0 saturated heterocycles. The molecule has 144 valence electrons. The van der Waals surface area contributed by atoms with E-state index in [-0.39, 0.29) is 11.4 Å². The summed E-state index contributed by atoms with van der Waals surface area (Å²) in [5.41, 5.74) is 1.67. The standard InChI is InChI=1S/C19H22N2O5S/c1-13(2)14-6-10-17(11-7-14)27(24,25)21-16-8-4-15(5-9-16)19(23)20-12-18(22)26-3/h4-11,13,21H,12H2,1-3H3,(H,20,23). The molecule has 2 N–H and O–H groups in total. The topological polar surface area (TPSA) is 102 Å². The average Bonchev–Trinajstić information content (AvgIpc) is 2.66. The van der Waals surface area contributed by atoms with Gasteiger partial charge in [-0.2, -0.15) is 0 Å². The fourth-order valence-corrected chi connectivity index (χ4v) is 3.32. The van der Waals surface area contributed by atoms with E-state index in [0.717, 1.165) is 5.56 Å². The van der Waals surface area contributed by atoms with Crippen molar-refractivity contribution in [2.75, 3.05) is 18.4 Å². The van der Waals surface area contributed by atoms with E-state index in [1.807, 2.05) is 13.8 Å². The fourth-order valence-electron chi connectivity index (χ4n) is 2.26. The maximum absolute atomic E-state index is 12.5. The molecule has 0 aromatic heterocycles. The van der Waals surface area contributed by atoms with Gasteiger partial charge in [0.1, 0.15) is 6.54 Å². The number of hydrogen-bond donors (Lipinski definition) is 2. The van der Waals surface area contributed by atoms with Crippen LogP contribution in [0.4, 0.5) is 5.69 Å². The predicted molar refractivity (Wildman–Crippen MR) is 102 cm³/mol. The maximum Gasteiger partial charge on any atom is 0.325 e.